The highest BCUT2D eigenvalue weighted by Gasteiger charge is 2.18. The molecule has 1 rings (SSSR count). The molecule has 0 atom stereocenters. The van der Waals surface area contributed by atoms with Gasteiger partial charge >= 0.3 is 0 Å². The van der Waals surface area contributed by atoms with Crippen molar-refractivity contribution >= 4 is 5.96 Å². The normalized spacial score (nSPS) is 19.0. The van der Waals surface area contributed by atoms with Gasteiger partial charge in [0.05, 0.1) is 0 Å². The van der Waals surface area contributed by atoms with Crippen LogP contribution in [0.5, 0.6) is 0 Å². The molecule has 0 amide bonds. The monoisotopic (exact) mass is 184 g/mol. The second-order valence-corrected chi connectivity index (χ2v) is 3.71. The number of nitrogens with two attached hydrogens (primary N) is 1. The second-order valence-electron chi connectivity index (χ2n) is 3.71. The van der Waals surface area contributed by atoms with E-state index in [-0.39, 0.29) is 5.96 Å². The van der Waals surface area contributed by atoms with Crippen LogP contribution in [0.3, 0.4) is 0 Å². The van der Waals surface area contributed by atoms with Gasteiger partial charge in [0.15, 0.2) is 5.96 Å². The van der Waals surface area contributed by atoms with E-state index in [1.807, 2.05) is 11.9 Å². The fourth-order valence-electron chi connectivity index (χ4n) is 1.81. The molecule has 0 aliphatic carbocycles. The molecule has 0 radical (unpaired) electrons. The van der Waals surface area contributed by atoms with E-state index < -0.39 is 0 Å². The number of guanidine groups is 1. The molecule has 0 saturated carbocycles. The summed E-state index contributed by atoms with van der Waals surface area (Å²) >= 11 is 0. The first kappa shape index (κ1) is 10.3. The van der Waals surface area contributed by atoms with Crippen LogP contribution in [0.25, 0.3) is 0 Å². The van der Waals surface area contributed by atoms with Crippen molar-refractivity contribution in [2.45, 2.75) is 19.3 Å². The predicted octanol–water partition coefficient (Wildman–Crippen LogP) is 0.201. The first-order valence-electron chi connectivity index (χ1n) is 4.97. The summed E-state index contributed by atoms with van der Waals surface area (Å²) in [5.74, 6) is 1.05. The first-order valence-corrected chi connectivity index (χ1v) is 4.97. The molecule has 1 aliphatic heterocycles. The maximum absolute atomic E-state index is 7.28. The highest BCUT2D eigenvalue weighted by Crippen LogP contribution is 2.19. The smallest absolute Gasteiger partial charge is 0.188 e. The van der Waals surface area contributed by atoms with Crippen LogP contribution in [-0.4, -0.2) is 37.5 Å². The van der Waals surface area contributed by atoms with Crippen molar-refractivity contribution in [1.82, 2.24) is 10.2 Å². The Labute approximate surface area is 80.0 Å². The van der Waals surface area contributed by atoms with Crippen molar-refractivity contribution in [3.05, 3.63) is 0 Å². The van der Waals surface area contributed by atoms with Gasteiger partial charge in [0.1, 0.15) is 0 Å². The lowest BCUT2D eigenvalue weighted by molar-refractivity contribution is 0.253. The van der Waals surface area contributed by atoms with Crippen molar-refractivity contribution in [1.29, 1.82) is 5.41 Å². The van der Waals surface area contributed by atoms with Crippen LogP contribution in [0, 0.1) is 11.3 Å². The minimum absolute atomic E-state index is 0.229. The van der Waals surface area contributed by atoms with Crippen LogP contribution in [0.15, 0.2) is 0 Å². The van der Waals surface area contributed by atoms with Crippen molar-refractivity contribution in [2.75, 3.05) is 26.7 Å². The zero-order valence-electron chi connectivity index (χ0n) is 8.34. The lowest BCUT2D eigenvalue weighted by atomic mass is 9.94. The molecular weight excluding hydrogens is 164 g/mol. The summed E-state index contributed by atoms with van der Waals surface area (Å²) in [7, 11) is 1.99. The summed E-state index contributed by atoms with van der Waals surface area (Å²) in [6.07, 6.45) is 3.62. The van der Waals surface area contributed by atoms with Gasteiger partial charge in [-0.25, -0.2) is 0 Å². The molecule has 1 saturated heterocycles. The van der Waals surface area contributed by atoms with Gasteiger partial charge in [-0.2, -0.15) is 0 Å². The summed E-state index contributed by atoms with van der Waals surface area (Å²) in [5.41, 5.74) is 5.41. The summed E-state index contributed by atoms with van der Waals surface area (Å²) in [4.78, 5) is 1.95. The highest BCUT2D eigenvalue weighted by atomic mass is 15.2. The second kappa shape index (κ2) is 5.07. The van der Waals surface area contributed by atoms with E-state index >= 15 is 0 Å². The van der Waals surface area contributed by atoms with Gasteiger partial charge in [-0.3, -0.25) is 5.41 Å². The Morgan fingerprint density at radius 3 is 2.62 bits per heavy atom. The number of nitrogens with one attached hydrogen (secondary N) is 2. The molecule has 0 bridgehead atoms. The summed E-state index contributed by atoms with van der Waals surface area (Å²) < 4.78 is 0. The Kier molecular flexibility index (Phi) is 4.02. The first-order chi connectivity index (χ1) is 6.24. The summed E-state index contributed by atoms with van der Waals surface area (Å²) in [5, 5.41) is 10.5. The van der Waals surface area contributed by atoms with Gasteiger partial charge < -0.3 is 16.0 Å². The van der Waals surface area contributed by atoms with Crippen LogP contribution in [-0.2, 0) is 0 Å². The number of nitrogens with zero attached hydrogens (tertiary/aromatic N) is 1. The SMILES string of the molecule is CNCCC1CCN(C(=N)N)CC1. The topological polar surface area (TPSA) is 65.1 Å². The molecule has 0 aromatic rings. The maximum atomic E-state index is 7.28. The maximum Gasteiger partial charge on any atom is 0.188 e. The molecule has 1 fully saturated rings. The fourth-order valence-corrected chi connectivity index (χ4v) is 1.81. The minimum atomic E-state index is 0.229. The van der Waals surface area contributed by atoms with Gasteiger partial charge in [-0.1, -0.05) is 0 Å². The molecule has 4 nitrogen and oxygen atoms in total. The van der Waals surface area contributed by atoms with E-state index in [9.17, 15) is 0 Å². The molecule has 1 heterocycles. The lowest BCUT2D eigenvalue weighted by Gasteiger charge is -2.32. The predicted molar refractivity (Wildman–Crippen MR) is 54.8 cm³/mol. The Morgan fingerprint density at radius 1 is 1.54 bits per heavy atom. The number of rotatable bonds is 3. The quantitative estimate of drug-likeness (QED) is 0.434. The molecule has 0 spiro atoms. The number of piperidine rings is 1. The third-order valence-corrected chi connectivity index (χ3v) is 2.76. The van der Waals surface area contributed by atoms with E-state index in [1.54, 1.807) is 0 Å². The molecule has 4 N–H and O–H groups in total. The van der Waals surface area contributed by atoms with E-state index in [2.05, 4.69) is 5.32 Å². The third-order valence-electron chi connectivity index (χ3n) is 2.76. The van der Waals surface area contributed by atoms with Crippen LogP contribution in [0.2, 0.25) is 0 Å². The van der Waals surface area contributed by atoms with Gasteiger partial charge in [0, 0.05) is 13.1 Å². The van der Waals surface area contributed by atoms with Crippen LogP contribution in [0.4, 0.5) is 0 Å². The Hall–Kier alpha value is -0.770. The Balaban J connectivity index is 2.18. The number of hydrogen-bond donors (Lipinski definition) is 3. The molecule has 0 aromatic heterocycles. The molecule has 4 heteroatoms. The minimum Gasteiger partial charge on any atom is -0.370 e. The van der Waals surface area contributed by atoms with Crippen molar-refractivity contribution < 1.29 is 0 Å². The Bertz CT molecular complexity index is 161. The van der Waals surface area contributed by atoms with Gasteiger partial charge in [-0.05, 0) is 38.8 Å². The van der Waals surface area contributed by atoms with Crippen molar-refractivity contribution in [3.8, 4) is 0 Å². The van der Waals surface area contributed by atoms with E-state index in [0.29, 0.717) is 0 Å². The van der Waals surface area contributed by atoms with Gasteiger partial charge in [0.2, 0.25) is 0 Å². The molecule has 76 valence electrons. The summed E-state index contributed by atoms with van der Waals surface area (Å²) in [6.45, 7) is 3.03. The lowest BCUT2D eigenvalue weighted by Crippen LogP contribution is -2.42. The van der Waals surface area contributed by atoms with Crippen LogP contribution < -0.4 is 11.1 Å². The number of hydrogen-bond acceptors (Lipinski definition) is 2. The Morgan fingerprint density at radius 2 is 2.15 bits per heavy atom. The van der Waals surface area contributed by atoms with Crippen molar-refractivity contribution in [2.24, 2.45) is 11.7 Å². The van der Waals surface area contributed by atoms with E-state index in [4.69, 9.17) is 11.1 Å². The van der Waals surface area contributed by atoms with Gasteiger partial charge in [-0.15, -0.1) is 0 Å². The van der Waals surface area contributed by atoms with E-state index in [0.717, 1.165) is 25.6 Å². The molecule has 0 unspecified atom stereocenters. The molecule has 13 heavy (non-hydrogen) atoms. The molecule has 1 aliphatic rings. The standard InChI is InChI=1S/C9H20N4/c1-12-5-2-8-3-6-13(7-4-8)9(10)11/h8,12H,2-7H2,1H3,(H3,10,11). The average molecular weight is 184 g/mol. The van der Waals surface area contributed by atoms with E-state index in [1.165, 1.54) is 19.3 Å². The van der Waals surface area contributed by atoms with Crippen molar-refractivity contribution in [3.63, 3.8) is 0 Å². The zero-order valence-corrected chi connectivity index (χ0v) is 8.34. The van der Waals surface area contributed by atoms with Gasteiger partial charge in [0.25, 0.3) is 0 Å². The third kappa shape index (κ3) is 3.22. The van der Waals surface area contributed by atoms with Crippen LogP contribution in [0.1, 0.15) is 19.3 Å². The van der Waals surface area contributed by atoms with Crippen LogP contribution >= 0.6 is 0 Å². The fraction of sp³-hybridized carbons (Fsp3) is 0.889. The average Bonchev–Trinajstić information content (AvgIpc) is 2.15. The largest absolute Gasteiger partial charge is 0.370 e. The number of likely N-dealkylation sites (tertiary alicyclic amines) is 1. The highest BCUT2D eigenvalue weighted by molar-refractivity contribution is 5.74. The molecular formula is C9H20N4. The molecule has 0 aromatic carbocycles. The summed E-state index contributed by atoms with van der Waals surface area (Å²) in [6, 6.07) is 0. The zero-order chi connectivity index (χ0) is 9.68.